The lowest BCUT2D eigenvalue weighted by Gasteiger charge is -2.38. The standard InChI is InChI=1S/C41H56N2O12/c1-11-16-42-18-26-31-36(49)29-28(35(26)48)30-38(24(7)34(29)47)55-41(9,39(30)50)53-17-15-27(52-10)21(4)37(54-25(8)44)23(6)33(46)22(5)32(45)19(2)13-12-14-20(3)40(51)43-31/h12-15,17,19,21-23,27,32-33,37,42,45-49H,11,16,18H2,1-10H3,(H,43,51)/b13-12+,17-15+,20-14-. The highest BCUT2D eigenvalue weighted by molar-refractivity contribution is 6.22. The maximum Gasteiger partial charge on any atom is 0.312 e. The number of allylic oxidation sites excluding steroid dienone is 2. The fourth-order valence-electron chi connectivity index (χ4n) is 7.35. The highest BCUT2D eigenvalue weighted by Gasteiger charge is 2.50. The summed E-state index contributed by atoms with van der Waals surface area (Å²) in [5.74, 6) is -7.97. The van der Waals surface area contributed by atoms with E-state index in [-0.39, 0.29) is 51.0 Å². The molecule has 9 atom stereocenters. The Labute approximate surface area is 321 Å². The van der Waals surface area contributed by atoms with Gasteiger partial charge in [0.1, 0.15) is 23.4 Å². The minimum absolute atomic E-state index is 0.0284. The Bertz CT molecular complexity index is 1890. The molecule has 2 aromatic rings. The van der Waals surface area contributed by atoms with E-state index in [4.69, 9.17) is 18.9 Å². The number of ketones is 1. The second-order valence-electron chi connectivity index (χ2n) is 14.9. The van der Waals surface area contributed by atoms with Crippen molar-refractivity contribution >= 4 is 34.1 Å². The molecule has 55 heavy (non-hydrogen) atoms. The van der Waals surface area contributed by atoms with Crippen LogP contribution in [0.5, 0.6) is 23.0 Å². The van der Waals surface area contributed by atoms with Crippen molar-refractivity contribution in [1.82, 2.24) is 5.32 Å². The number of hydrogen-bond donors (Lipinski definition) is 7. The zero-order chi connectivity index (χ0) is 41.1. The van der Waals surface area contributed by atoms with Gasteiger partial charge in [-0.2, -0.15) is 0 Å². The molecule has 5 bridgehead atoms. The normalized spacial score (nSPS) is 31.3. The molecule has 14 heteroatoms. The smallest absolute Gasteiger partial charge is 0.312 e. The van der Waals surface area contributed by atoms with Crippen molar-refractivity contribution in [3.63, 3.8) is 0 Å². The number of aromatic hydroxyl groups is 3. The van der Waals surface area contributed by atoms with Crippen molar-refractivity contribution < 1.29 is 58.9 Å². The molecule has 3 aliphatic heterocycles. The summed E-state index contributed by atoms with van der Waals surface area (Å²) in [6.07, 6.45) is 4.40. The number of carbonyl (C=O) groups excluding carboxylic acids is 3. The number of anilines is 1. The topological polar surface area (TPSA) is 213 Å². The van der Waals surface area contributed by atoms with Gasteiger partial charge >= 0.3 is 11.8 Å². The van der Waals surface area contributed by atoms with E-state index in [1.807, 2.05) is 6.92 Å². The molecule has 3 heterocycles. The van der Waals surface area contributed by atoms with Crippen molar-refractivity contribution in [3.8, 4) is 23.0 Å². The number of nitrogens with one attached hydrogen (secondary N) is 2. The van der Waals surface area contributed by atoms with Crippen LogP contribution in [-0.2, 0) is 30.3 Å². The molecule has 0 saturated heterocycles. The lowest BCUT2D eigenvalue weighted by molar-refractivity contribution is -0.160. The summed E-state index contributed by atoms with van der Waals surface area (Å²) < 4.78 is 23.5. The number of esters is 1. The van der Waals surface area contributed by atoms with E-state index in [2.05, 4.69) is 10.6 Å². The van der Waals surface area contributed by atoms with E-state index in [9.17, 15) is 39.9 Å². The SMILES string of the molecule is CCCNCc1c2c(O)c3c(O)c(C)c4c(c3c1O)C(=O)C(C)(O/C=C/C(OC)C(C)C(OC(C)=O)C(C)C(O)C(C)C(O)C(C)/C=C/C=C(/C)C(=O)N2)O4. The van der Waals surface area contributed by atoms with Crippen molar-refractivity contribution in [1.29, 1.82) is 0 Å². The largest absolute Gasteiger partial charge is 0.507 e. The van der Waals surface area contributed by atoms with Crippen LogP contribution in [0.4, 0.5) is 5.69 Å². The molecule has 14 nitrogen and oxygen atoms in total. The summed E-state index contributed by atoms with van der Waals surface area (Å²) in [5.41, 5.74) is 0.0354. The van der Waals surface area contributed by atoms with Crippen LogP contribution >= 0.6 is 0 Å². The molecule has 7 N–H and O–H groups in total. The fraction of sp³-hybridized carbons (Fsp3) is 0.537. The van der Waals surface area contributed by atoms with Crippen molar-refractivity contribution in [3.05, 3.63) is 52.8 Å². The number of methoxy groups -OCH3 is 1. The van der Waals surface area contributed by atoms with Gasteiger partial charge in [-0.1, -0.05) is 52.8 Å². The molecule has 3 aliphatic rings. The van der Waals surface area contributed by atoms with E-state index >= 15 is 0 Å². The molecule has 1 amide bonds. The molecule has 0 saturated carbocycles. The average Bonchev–Trinajstić information content (AvgIpc) is 3.41. The molecule has 0 radical (unpaired) electrons. The number of phenols is 3. The minimum Gasteiger partial charge on any atom is -0.507 e. The van der Waals surface area contributed by atoms with Gasteiger partial charge in [-0.05, 0) is 32.9 Å². The molecule has 9 unspecified atom stereocenters. The summed E-state index contributed by atoms with van der Waals surface area (Å²) in [5, 5.41) is 63.2. The van der Waals surface area contributed by atoms with E-state index in [0.29, 0.717) is 6.54 Å². The van der Waals surface area contributed by atoms with Crippen molar-refractivity contribution in [2.24, 2.45) is 23.7 Å². The number of benzene rings is 2. The summed E-state index contributed by atoms with van der Waals surface area (Å²) in [6, 6.07) is 0. The predicted octanol–water partition coefficient (Wildman–Crippen LogP) is 5.25. The van der Waals surface area contributed by atoms with Gasteiger partial charge in [-0.3, -0.25) is 14.4 Å². The summed E-state index contributed by atoms with van der Waals surface area (Å²) in [4.78, 5) is 40.1. The zero-order valence-corrected chi connectivity index (χ0v) is 33.2. The second kappa shape index (κ2) is 17.4. The molecular formula is C41H56N2O12. The van der Waals surface area contributed by atoms with E-state index in [1.54, 1.807) is 39.8 Å². The van der Waals surface area contributed by atoms with Gasteiger partial charge in [0.2, 0.25) is 0 Å². The van der Waals surface area contributed by atoms with Crippen LogP contribution < -0.4 is 15.4 Å². The van der Waals surface area contributed by atoms with Crippen molar-refractivity contribution in [2.45, 2.75) is 105 Å². The Kier molecular flexibility index (Phi) is 13.7. The van der Waals surface area contributed by atoms with Gasteiger partial charge in [-0.15, -0.1) is 0 Å². The van der Waals surface area contributed by atoms with Gasteiger partial charge < -0.3 is 55.1 Å². The molecule has 2 aromatic carbocycles. The Morgan fingerprint density at radius 2 is 1.64 bits per heavy atom. The van der Waals surface area contributed by atoms with Crippen LogP contribution in [0.25, 0.3) is 10.8 Å². The van der Waals surface area contributed by atoms with Gasteiger partial charge in [0.05, 0.1) is 41.2 Å². The van der Waals surface area contributed by atoms with Gasteiger partial charge in [0.15, 0.2) is 5.75 Å². The van der Waals surface area contributed by atoms with Crippen LogP contribution in [0.3, 0.4) is 0 Å². The first-order valence-electron chi connectivity index (χ1n) is 18.6. The van der Waals surface area contributed by atoms with Gasteiger partial charge in [0, 0.05) is 73.3 Å². The maximum absolute atomic E-state index is 14.3. The Morgan fingerprint density at radius 3 is 2.25 bits per heavy atom. The van der Waals surface area contributed by atoms with Crippen LogP contribution in [0.2, 0.25) is 0 Å². The molecule has 0 aliphatic carbocycles. The first-order valence-corrected chi connectivity index (χ1v) is 18.6. The molecular weight excluding hydrogens is 712 g/mol. The number of phenolic OH excluding ortho intramolecular Hbond substituents is 3. The van der Waals surface area contributed by atoms with Crippen LogP contribution in [0, 0.1) is 30.6 Å². The lowest BCUT2D eigenvalue weighted by atomic mass is 9.78. The third kappa shape index (κ3) is 8.47. The number of fused-ring (bicyclic) bond motifs is 14. The monoisotopic (exact) mass is 768 g/mol. The first-order chi connectivity index (χ1) is 25.8. The number of hydrogen-bond acceptors (Lipinski definition) is 13. The average molecular weight is 769 g/mol. The maximum atomic E-state index is 14.3. The highest BCUT2D eigenvalue weighted by Crippen LogP contribution is 2.55. The summed E-state index contributed by atoms with van der Waals surface area (Å²) in [6.45, 7) is 15.0. The fourth-order valence-corrected chi connectivity index (χ4v) is 7.35. The molecule has 5 rings (SSSR count). The summed E-state index contributed by atoms with van der Waals surface area (Å²) in [7, 11) is 1.44. The Morgan fingerprint density at radius 1 is 0.964 bits per heavy atom. The van der Waals surface area contributed by atoms with Crippen LogP contribution in [-0.4, -0.2) is 87.0 Å². The van der Waals surface area contributed by atoms with E-state index in [0.717, 1.165) is 6.42 Å². The third-order valence-electron chi connectivity index (χ3n) is 10.8. The van der Waals surface area contributed by atoms with Crippen LogP contribution in [0.1, 0.15) is 83.3 Å². The number of aliphatic hydroxyl groups is 2. The van der Waals surface area contributed by atoms with Crippen molar-refractivity contribution in [2.75, 3.05) is 19.0 Å². The van der Waals surface area contributed by atoms with E-state index < -0.39 is 88.8 Å². The lowest BCUT2D eigenvalue weighted by Crippen LogP contribution is -2.46. The Hall–Kier alpha value is -4.63. The highest BCUT2D eigenvalue weighted by atomic mass is 16.7. The second-order valence-corrected chi connectivity index (χ2v) is 14.9. The van der Waals surface area contributed by atoms with E-state index in [1.165, 1.54) is 53.2 Å². The molecule has 302 valence electrons. The minimum atomic E-state index is -2.01. The number of aliphatic hydroxyl groups excluding tert-OH is 2. The molecule has 0 spiro atoms. The Balaban J connectivity index is 1.95. The number of rotatable bonds is 6. The number of ether oxygens (including phenoxy) is 4. The first kappa shape index (κ1) is 43.1. The van der Waals surface area contributed by atoms with Gasteiger partial charge in [-0.25, -0.2) is 0 Å². The number of carbonyl (C=O) groups is 3. The quantitative estimate of drug-likeness (QED) is 0.0867. The molecule has 0 aromatic heterocycles. The predicted molar refractivity (Wildman–Crippen MR) is 206 cm³/mol. The number of amides is 1. The summed E-state index contributed by atoms with van der Waals surface area (Å²) >= 11 is 0. The van der Waals surface area contributed by atoms with Gasteiger partial charge in [0.25, 0.3) is 11.7 Å². The zero-order valence-electron chi connectivity index (χ0n) is 33.2. The van der Waals surface area contributed by atoms with Crippen LogP contribution in [0.15, 0.2) is 36.1 Å². The third-order valence-corrected chi connectivity index (χ3v) is 10.8. The molecule has 0 fully saturated rings. The number of Topliss-reactive ketones (excluding diaryl/α,β-unsaturated/α-hetero) is 1.